The number of thioether (sulfide) groups is 1. The van der Waals surface area contributed by atoms with E-state index in [1.807, 2.05) is 35.2 Å². The molecule has 2 aliphatic rings. The molecule has 1 saturated carbocycles. The predicted molar refractivity (Wildman–Crippen MR) is 119 cm³/mol. The van der Waals surface area contributed by atoms with Crippen molar-refractivity contribution in [1.29, 1.82) is 0 Å². The van der Waals surface area contributed by atoms with E-state index in [-0.39, 0.29) is 12.0 Å². The third kappa shape index (κ3) is 5.71. The zero-order valence-corrected chi connectivity index (χ0v) is 18.2. The molecule has 29 heavy (non-hydrogen) atoms. The van der Waals surface area contributed by atoms with Gasteiger partial charge in [0.15, 0.2) is 4.34 Å². The number of hydrogen-bond acceptors (Lipinski definition) is 7. The highest BCUT2D eigenvalue weighted by molar-refractivity contribution is 8.01. The summed E-state index contributed by atoms with van der Waals surface area (Å²) in [6.07, 6.45) is 8.33. The molecule has 4 rings (SSSR count). The maximum Gasteiger partial charge on any atom is 0.237 e. The fraction of sp³-hybridized carbons (Fsp3) is 0.571. The Labute approximate surface area is 180 Å². The van der Waals surface area contributed by atoms with Crippen LogP contribution in [0.3, 0.4) is 0 Å². The quantitative estimate of drug-likeness (QED) is 0.616. The van der Waals surface area contributed by atoms with Crippen molar-refractivity contribution in [3.8, 4) is 0 Å². The molecule has 1 N–H and O–H groups in total. The largest absolute Gasteiger partial charge is 0.376 e. The molecule has 1 saturated heterocycles. The molecule has 1 atom stereocenters. The summed E-state index contributed by atoms with van der Waals surface area (Å²) in [5.41, 5.74) is 1.00. The first-order valence-corrected chi connectivity index (χ1v) is 12.3. The average Bonchev–Trinajstić information content (AvgIpc) is 3.44. The zero-order chi connectivity index (χ0) is 19.9. The van der Waals surface area contributed by atoms with Gasteiger partial charge in [-0.25, -0.2) is 0 Å². The third-order valence-electron chi connectivity index (χ3n) is 5.47. The molecule has 1 aromatic carbocycles. The fourth-order valence-corrected chi connectivity index (χ4v) is 5.64. The third-order valence-corrected chi connectivity index (χ3v) is 7.47. The van der Waals surface area contributed by atoms with Gasteiger partial charge in [-0.2, -0.15) is 0 Å². The van der Waals surface area contributed by atoms with Gasteiger partial charge >= 0.3 is 0 Å². The van der Waals surface area contributed by atoms with Crippen LogP contribution in [0.4, 0.5) is 10.8 Å². The van der Waals surface area contributed by atoms with Crippen molar-refractivity contribution in [3.63, 3.8) is 0 Å². The number of nitrogens with one attached hydrogen (secondary N) is 1. The van der Waals surface area contributed by atoms with Crippen LogP contribution in [0.25, 0.3) is 0 Å². The summed E-state index contributed by atoms with van der Waals surface area (Å²) in [4.78, 5) is 15.2. The Morgan fingerprint density at radius 2 is 1.97 bits per heavy atom. The number of carbonyl (C=O) groups excluding carboxylic acids is 1. The first-order valence-electron chi connectivity index (χ1n) is 10.5. The monoisotopic (exact) mass is 432 g/mol. The van der Waals surface area contributed by atoms with E-state index in [4.69, 9.17) is 4.74 Å². The second-order valence-corrected chi connectivity index (χ2v) is 9.77. The lowest BCUT2D eigenvalue weighted by atomic mass is 9.93. The summed E-state index contributed by atoms with van der Waals surface area (Å²) in [5.74, 6) is 0.531. The molecule has 8 heteroatoms. The number of para-hydroxylation sites is 1. The van der Waals surface area contributed by atoms with Gasteiger partial charge in [0.2, 0.25) is 11.0 Å². The Hall–Kier alpha value is -1.64. The van der Waals surface area contributed by atoms with E-state index in [9.17, 15) is 4.79 Å². The molecule has 0 bridgehead atoms. The Morgan fingerprint density at radius 3 is 2.72 bits per heavy atom. The van der Waals surface area contributed by atoms with Gasteiger partial charge in [-0.05, 0) is 37.8 Å². The minimum Gasteiger partial charge on any atom is -0.376 e. The van der Waals surface area contributed by atoms with Crippen molar-refractivity contribution in [2.75, 3.05) is 29.1 Å². The zero-order valence-electron chi connectivity index (χ0n) is 16.6. The maximum absolute atomic E-state index is 13.2. The standard InChI is InChI=1S/C21H28N4O2S2/c26-19(25(16-8-3-1-4-9-16)17-10-5-2-6-11-17)15-28-21-24-23-20(29-21)22-14-18-12-7-13-27-18/h1,3-4,8-9,17-18H,2,5-7,10-15H2,(H,22,23)/t18-/m1/s1. The second kappa shape index (κ2) is 10.4. The van der Waals surface area contributed by atoms with Gasteiger partial charge in [0.1, 0.15) is 0 Å². The van der Waals surface area contributed by atoms with Crippen LogP contribution in [0.1, 0.15) is 44.9 Å². The van der Waals surface area contributed by atoms with E-state index in [0.717, 1.165) is 54.0 Å². The van der Waals surface area contributed by atoms with E-state index < -0.39 is 0 Å². The van der Waals surface area contributed by atoms with Gasteiger partial charge in [-0.1, -0.05) is 60.6 Å². The van der Waals surface area contributed by atoms with Gasteiger partial charge in [0, 0.05) is 24.9 Å². The van der Waals surface area contributed by atoms with Gasteiger partial charge in [0.05, 0.1) is 11.9 Å². The number of hydrogen-bond donors (Lipinski definition) is 1. The highest BCUT2D eigenvalue weighted by Gasteiger charge is 2.27. The lowest BCUT2D eigenvalue weighted by Gasteiger charge is -2.34. The van der Waals surface area contributed by atoms with Crippen LogP contribution in [0.15, 0.2) is 34.7 Å². The Kier molecular flexibility index (Phi) is 7.40. The summed E-state index contributed by atoms with van der Waals surface area (Å²) in [7, 11) is 0. The minimum atomic E-state index is 0.150. The Morgan fingerprint density at radius 1 is 1.14 bits per heavy atom. The molecule has 0 unspecified atom stereocenters. The predicted octanol–water partition coefficient (Wildman–Crippen LogP) is 4.59. The van der Waals surface area contributed by atoms with Crippen molar-refractivity contribution < 1.29 is 9.53 Å². The second-order valence-electron chi connectivity index (χ2n) is 7.57. The summed E-state index contributed by atoms with van der Waals surface area (Å²) in [5, 5.41) is 12.5. The van der Waals surface area contributed by atoms with Crippen molar-refractivity contribution in [3.05, 3.63) is 30.3 Å². The summed E-state index contributed by atoms with van der Waals surface area (Å²) in [6.45, 7) is 1.62. The van der Waals surface area contributed by atoms with Crippen molar-refractivity contribution >= 4 is 39.8 Å². The molecular formula is C21H28N4O2S2. The highest BCUT2D eigenvalue weighted by atomic mass is 32.2. The molecule has 6 nitrogen and oxygen atoms in total. The lowest BCUT2D eigenvalue weighted by Crippen LogP contribution is -2.42. The fourth-order valence-electron chi connectivity index (χ4n) is 4.03. The smallest absolute Gasteiger partial charge is 0.237 e. The molecule has 1 aliphatic carbocycles. The van der Waals surface area contributed by atoms with E-state index in [1.54, 1.807) is 0 Å². The SMILES string of the molecule is O=C(CSc1nnc(NC[C@H]2CCCO2)s1)N(c1ccccc1)C1CCCCC1. The van der Waals surface area contributed by atoms with Crippen LogP contribution < -0.4 is 10.2 Å². The Bertz CT molecular complexity index is 774. The van der Waals surface area contributed by atoms with E-state index in [0.29, 0.717) is 11.8 Å². The molecule has 0 radical (unpaired) electrons. The number of anilines is 2. The number of carbonyl (C=O) groups is 1. The van der Waals surface area contributed by atoms with Crippen molar-refractivity contribution in [2.45, 2.75) is 61.4 Å². The maximum atomic E-state index is 13.2. The van der Waals surface area contributed by atoms with Crippen LogP contribution in [0.5, 0.6) is 0 Å². The molecule has 156 valence electrons. The molecule has 2 heterocycles. The molecule has 1 aromatic heterocycles. The molecule has 1 amide bonds. The number of amides is 1. The normalized spacial score (nSPS) is 19.9. The molecule has 2 aromatic rings. The van der Waals surface area contributed by atoms with Crippen molar-refractivity contribution in [2.24, 2.45) is 0 Å². The summed E-state index contributed by atoms with van der Waals surface area (Å²) >= 11 is 2.98. The van der Waals surface area contributed by atoms with E-state index in [2.05, 4.69) is 15.5 Å². The van der Waals surface area contributed by atoms with Gasteiger partial charge in [-0.15, -0.1) is 10.2 Å². The van der Waals surface area contributed by atoms with Crippen LogP contribution in [-0.2, 0) is 9.53 Å². The van der Waals surface area contributed by atoms with E-state index in [1.165, 1.54) is 42.4 Å². The van der Waals surface area contributed by atoms with E-state index >= 15 is 0 Å². The van der Waals surface area contributed by atoms with Crippen molar-refractivity contribution in [1.82, 2.24) is 10.2 Å². The summed E-state index contributed by atoms with van der Waals surface area (Å²) in [6, 6.07) is 10.4. The van der Waals surface area contributed by atoms with Crippen LogP contribution in [0.2, 0.25) is 0 Å². The molecule has 0 spiro atoms. The molecule has 1 aliphatic heterocycles. The average molecular weight is 433 g/mol. The number of benzene rings is 1. The number of ether oxygens (including phenoxy) is 1. The highest BCUT2D eigenvalue weighted by Crippen LogP contribution is 2.30. The molecular weight excluding hydrogens is 404 g/mol. The Balaban J connectivity index is 1.34. The molecule has 2 fully saturated rings. The van der Waals surface area contributed by atoms with Gasteiger partial charge in [-0.3, -0.25) is 4.79 Å². The minimum absolute atomic E-state index is 0.150. The van der Waals surface area contributed by atoms with Crippen LogP contribution in [0, 0.1) is 0 Å². The number of rotatable bonds is 8. The topological polar surface area (TPSA) is 67.3 Å². The number of aromatic nitrogens is 2. The van der Waals surface area contributed by atoms with Crippen LogP contribution >= 0.6 is 23.1 Å². The first-order chi connectivity index (χ1) is 14.3. The number of nitrogens with zero attached hydrogens (tertiary/aromatic N) is 3. The van der Waals surface area contributed by atoms with Gasteiger partial charge < -0.3 is 15.0 Å². The summed E-state index contributed by atoms with van der Waals surface area (Å²) < 4.78 is 6.45. The lowest BCUT2D eigenvalue weighted by molar-refractivity contribution is -0.116. The van der Waals surface area contributed by atoms with Crippen LogP contribution in [-0.4, -0.2) is 47.2 Å². The van der Waals surface area contributed by atoms with Gasteiger partial charge in [0.25, 0.3) is 0 Å². The first kappa shape index (κ1) is 20.6.